The van der Waals surface area contributed by atoms with Crippen LogP contribution in [0, 0.1) is 35.0 Å². The summed E-state index contributed by atoms with van der Waals surface area (Å²) in [5.41, 5.74) is -1.35. The van der Waals surface area contributed by atoms with E-state index in [1.165, 1.54) is 18.6 Å². The number of hydrogen-bond donors (Lipinski definition) is 0. The van der Waals surface area contributed by atoms with E-state index in [4.69, 9.17) is 28.4 Å². The van der Waals surface area contributed by atoms with E-state index in [2.05, 4.69) is 26.3 Å². The molecule has 4 fully saturated rings. The van der Waals surface area contributed by atoms with Gasteiger partial charge in [0.2, 0.25) is 0 Å². The molecular weight excluding hydrogens is 556 g/mol. The molecule has 10 heteroatoms. The van der Waals surface area contributed by atoms with Crippen LogP contribution in [0.25, 0.3) is 0 Å². The van der Waals surface area contributed by atoms with E-state index >= 15 is 0 Å². The van der Waals surface area contributed by atoms with Crippen molar-refractivity contribution in [2.45, 2.75) is 70.9 Å². The van der Waals surface area contributed by atoms with E-state index in [0.717, 1.165) is 43.8 Å². The third-order valence-electron chi connectivity index (χ3n) is 9.18. The number of fused-ring (bicyclic) bond motifs is 5. The highest BCUT2D eigenvalue weighted by atomic mass is 16.7. The summed E-state index contributed by atoms with van der Waals surface area (Å²) in [6.45, 7) is 20.3. The molecule has 0 spiro atoms. The Labute approximate surface area is 254 Å². The van der Waals surface area contributed by atoms with Crippen molar-refractivity contribution >= 4 is 23.9 Å². The SMILES string of the molecule is C=CC(=O)OCC1(CC)COC(C(C)(C)OC(=O)C=C)OC1.C=CC(=O)OCC1CC2C3CC(OC(=O)C=C)C(C3)C2C1. The maximum Gasteiger partial charge on any atom is 0.330 e. The molecule has 43 heavy (non-hydrogen) atoms. The lowest BCUT2D eigenvalue weighted by Gasteiger charge is -2.43. The summed E-state index contributed by atoms with van der Waals surface area (Å²) in [5.74, 6) is 1.29. The molecule has 4 rings (SSSR count). The van der Waals surface area contributed by atoms with Gasteiger partial charge in [-0.25, -0.2) is 19.2 Å². The second kappa shape index (κ2) is 15.0. The lowest BCUT2D eigenvalue weighted by atomic mass is 9.80. The van der Waals surface area contributed by atoms with Gasteiger partial charge >= 0.3 is 23.9 Å². The molecule has 1 heterocycles. The molecule has 2 bridgehead atoms. The quantitative estimate of drug-likeness (QED) is 0.179. The summed E-state index contributed by atoms with van der Waals surface area (Å²) in [5, 5.41) is 0. The lowest BCUT2D eigenvalue weighted by Crippen LogP contribution is -2.53. The second-order valence-electron chi connectivity index (χ2n) is 12.4. The first-order valence-electron chi connectivity index (χ1n) is 14.9. The predicted octanol–water partition coefficient (Wildman–Crippen LogP) is 4.49. The van der Waals surface area contributed by atoms with Crippen LogP contribution in [0.2, 0.25) is 0 Å². The Hall–Kier alpha value is -3.24. The van der Waals surface area contributed by atoms with Crippen LogP contribution in [-0.2, 0) is 47.6 Å². The van der Waals surface area contributed by atoms with E-state index in [-0.39, 0.29) is 24.6 Å². The standard InChI is InChI=1S/C17H22O4.C16H24O6/c1-3-16(18)20-9-10-5-12-11-7-14(13(12)6-10)15(8-11)21-17(19)4-2;1-6-12(17)19-9-16(8-3)10-20-14(21-11-16)15(4,5)22-13(18)7-2/h3-4,10-15H,1-2,5-9H2;6-7,14H,1-2,8-11H2,3-5H3. The number of ether oxygens (including phenoxy) is 6. The van der Waals surface area contributed by atoms with Gasteiger partial charge in [0.15, 0.2) is 11.9 Å². The molecule has 10 nitrogen and oxygen atoms in total. The van der Waals surface area contributed by atoms with Crippen molar-refractivity contribution in [2.24, 2.45) is 35.0 Å². The van der Waals surface area contributed by atoms with Crippen LogP contribution in [-0.4, -0.2) is 68.3 Å². The number of carbonyl (C=O) groups excluding carboxylic acids is 4. The summed E-state index contributed by atoms with van der Waals surface area (Å²) in [7, 11) is 0. The molecule has 6 unspecified atom stereocenters. The lowest BCUT2D eigenvalue weighted by molar-refractivity contribution is -0.293. The maximum absolute atomic E-state index is 11.4. The summed E-state index contributed by atoms with van der Waals surface area (Å²) in [4.78, 5) is 45.1. The van der Waals surface area contributed by atoms with Crippen molar-refractivity contribution in [1.82, 2.24) is 0 Å². The van der Waals surface area contributed by atoms with Crippen molar-refractivity contribution < 1.29 is 47.6 Å². The minimum Gasteiger partial charge on any atom is -0.462 e. The smallest absolute Gasteiger partial charge is 0.330 e. The fourth-order valence-electron chi connectivity index (χ4n) is 6.87. The first kappa shape index (κ1) is 34.3. The van der Waals surface area contributed by atoms with Gasteiger partial charge in [0.05, 0.1) is 25.2 Å². The van der Waals surface area contributed by atoms with E-state index in [1.807, 2.05) is 6.92 Å². The van der Waals surface area contributed by atoms with Crippen LogP contribution < -0.4 is 0 Å². The molecule has 0 N–H and O–H groups in total. The fourth-order valence-corrected chi connectivity index (χ4v) is 6.87. The molecule has 1 aliphatic heterocycles. The van der Waals surface area contributed by atoms with E-state index in [0.29, 0.717) is 43.5 Å². The van der Waals surface area contributed by atoms with Crippen LogP contribution in [0.15, 0.2) is 50.6 Å². The van der Waals surface area contributed by atoms with Gasteiger partial charge < -0.3 is 28.4 Å². The van der Waals surface area contributed by atoms with Crippen LogP contribution in [0.4, 0.5) is 0 Å². The molecule has 3 saturated carbocycles. The van der Waals surface area contributed by atoms with Gasteiger partial charge in [0.1, 0.15) is 12.7 Å². The molecule has 4 aliphatic rings. The molecule has 0 amide bonds. The van der Waals surface area contributed by atoms with Crippen molar-refractivity contribution in [3.05, 3.63) is 50.6 Å². The maximum atomic E-state index is 11.4. The van der Waals surface area contributed by atoms with Gasteiger partial charge in [-0.3, -0.25) is 0 Å². The molecule has 0 radical (unpaired) electrons. The third-order valence-corrected chi connectivity index (χ3v) is 9.18. The van der Waals surface area contributed by atoms with Gasteiger partial charge in [-0.05, 0) is 75.5 Å². The highest BCUT2D eigenvalue weighted by Crippen LogP contribution is 2.60. The number of carbonyl (C=O) groups is 4. The van der Waals surface area contributed by atoms with Gasteiger partial charge in [0.25, 0.3) is 0 Å². The molecule has 0 aromatic rings. The van der Waals surface area contributed by atoms with Gasteiger partial charge in [-0.1, -0.05) is 33.2 Å². The third kappa shape index (κ3) is 8.66. The first-order chi connectivity index (χ1) is 20.4. The largest absolute Gasteiger partial charge is 0.462 e. The number of esters is 4. The predicted molar refractivity (Wildman–Crippen MR) is 157 cm³/mol. The molecule has 1 saturated heterocycles. The Kier molecular flexibility index (Phi) is 11.9. The van der Waals surface area contributed by atoms with Crippen LogP contribution in [0.5, 0.6) is 0 Å². The van der Waals surface area contributed by atoms with Crippen molar-refractivity contribution in [3.8, 4) is 0 Å². The zero-order valence-electron chi connectivity index (χ0n) is 25.6. The number of rotatable bonds is 12. The van der Waals surface area contributed by atoms with E-state index in [1.54, 1.807) is 13.8 Å². The highest BCUT2D eigenvalue weighted by Gasteiger charge is 2.57. The minimum absolute atomic E-state index is 0.0659. The summed E-state index contributed by atoms with van der Waals surface area (Å²) in [6, 6.07) is 0. The molecule has 3 aliphatic carbocycles. The molecule has 6 atom stereocenters. The number of hydrogen-bond acceptors (Lipinski definition) is 10. The fraction of sp³-hybridized carbons (Fsp3) is 0.636. The van der Waals surface area contributed by atoms with Crippen LogP contribution in [0.1, 0.15) is 52.9 Å². The average molecular weight is 603 g/mol. The molecule has 0 aromatic heterocycles. The summed E-state index contributed by atoms with van der Waals surface area (Å²) >= 11 is 0. The normalized spacial score (nSPS) is 32.2. The van der Waals surface area contributed by atoms with Crippen LogP contribution >= 0.6 is 0 Å². The molecular formula is C33H46O10. The summed E-state index contributed by atoms with van der Waals surface area (Å²) in [6.07, 6.45) is 9.16. The Morgan fingerprint density at radius 2 is 1.37 bits per heavy atom. The monoisotopic (exact) mass is 602 g/mol. The minimum atomic E-state index is -0.942. The highest BCUT2D eigenvalue weighted by molar-refractivity contribution is 5.82. The van der Waals surface area contributed by atoms with Gasteiger partial charge in [-0.15, -0.1) is 0 Å². The van der Waals surface area contributed by atoms with Crippen LogP contribution in [0.3, 0.4) is 0 Å². The van der Waals surface area contributed by atoms with Gasteiger partial charge in [-0.2, -0.15) is 0 Å². The zero-order valence-corrected chi connectivity index (χ0v) is 25.6. The van der Waals surface area contributed by atoms with E-state index < -0.39 is 29.2 Å². The van der Waals surface area contributed by atoms with Gasteiger partial charge in [0, 0.05) is 24.3 Å². The van der Waals surface area contributed by atoms with Crippen molar-refractivity contribution in [2.75, 3.05) is 26.4 Å². The summed E-state index contributed by atoms with van der Waals surface area (Å²) < 4.78 is 32.5. The Bertz CT molecular complexity index is 1070. The Morgan fingerprint density at radius 1 is 0.791 bits per heavy atom. The van der Waals surface area contributed by atoms with Crippen molar-refractivity contribution in [1.29, 1.82) is 0 Å². The Morgan fingerprint density at radius 3 is 1.95 bits per heavy atom. The van der Waals surface area contributed by atoms with E-state index in [9.17, 15) is 19.2 Å². The second-order valence-corrected chi connectivity index (χ2v) is 12.4. The topological polar surface area (TPSA) is 124 Å². The zero-order chi connectivity index (χ0) is 31.8. The average Bonchev–Trinajstić information content (AvgIpc) is 3.71. The molecule has 0 aromatic carbocycles. The first-order valence-corrected chi connectivity index (χ1v) is 14.9. The molecule has 238 valence electrons. The Balaban J connectivity index is 0.000000235. The van der Waals surface area contributed by atoms with Crippen molar-refractivity contribution in [3.63, 3.8) is 0 Å².